The molecule has 2 N–H and O–H groups in total. The van der Waals surface area contributed by atoms with Crippen LogP contribution >= 0.6 is 0 Å². The topological polar surface area (TPSA) is 72.6 Å². The van der Waals surface area contributed by atoms with Crippen molar-refractivity contribution in [3.8, 4) is 0 Å². The third-order valence-corrected chi connectivity index (χ3v) is 5.47. The Morgan fingerprint density at radius 3 is 2.60 bits per heavy atom. The first-order valence-electron chi connectivity index (χ1n) is 6.95. The van der Waals surface area contributed by atoms with Crippen LogP contribution in [-0.4, -0.2) is 37.7 Å². The molecule has 0 radical (unpaired) electrons. The van der Waals surface area contributed by atoms with Gasteiger partial charge < -0.3 is 10.5 Å². The third-order valence-electron chi connectivity index (χ3n) is 3.51. The van der Waals surface area contributed by atoms with E-state index in [1.165, 1.54) is 4.31 Å². The highest BCUT2D eigenvalue weighted by Gasteiger charge is 2.27. The lowest BCUT2D eigenvalue weighted by atomic mass is 10.2. The van der Waals surface area contributed by atoms with E-state index >= 15 is 0 Å². The first-order valence-corrected chi connectivity index (χ1v) is 8.56. The number of rotatable bonds is 6. The number of nitrogens with zero attached hydrogens (tertiary/aromatic N) is 1. The van der Waals surface area contributed by atoms with Crippen molar-refractivity contribution >= 4 is 15.7 Å². The van der Waals surface area contributed by atoms with E-state index in [9.17, 15) is 8.42 Å². The van der Waals surface area contributed by atoms with Crippen molar-refractivity contribution in [3.05, 3.63) is 29.8 Å². The number of anilines is 1. The number of sulfonamides is 1. The van der Waals surface area contributed by atoms with Gasteiger partial charge in [-0.3, -0.25) is 0 Å². The lowest BCUT2D eigenvalue weighted by Gasteiger charge is -2.22. The van der Waals surface area contributed by atoms with Gasteiger partial charge in [0.2, 0.25) is 10.0 Å². The maximum Gasteiger partial charge on any atom is 0.216 e. The normalized spacial score (nSPS) is 19.6. The fourth-order valence-electron chi connectivity index (χ4n) is 2.35. The van der Waals surface area contributed by atoms with Crippen molar-refractivity contribution in [2.24, 2.45) is 0 Å². The predicted molar refractivity (Wildman–Crippen MR) is 79.7 cm³/mol. The van der Waals surface area contributed by atoms with Crippen LogP contribution in [0.4, 0.5) is 5.69 Å². The van der Waals surface area contributed by atoms with E-state index in [1.807, 2.05) is 19.1 Å². The molecule has 2 rings (SSSR count). The molecule has 1 fully saturated rings. The van der Waals surface area contributed by atoms with Gasteiger partial charge in [-0.2, -0.15) is 4.31 Å². The number of hydrogen-bond acceptors (Lipinski definition) is 4. The SMILES string of the molecule is CCN(Cc1ccc(N)cc1)S(=O)(=O)CC1CCCO1. The molecule has 112 valence electrons. The Morgan fingerprint density at radius 2 is 2.05 bits per heavy atom. The first kappa shape index (κ1) is 15.3. The Kier molecular flexibility index (Phi) is 5.01. The molecule has 1 saturated heterocycles. The summed E-state index contributed by atoms with van der Waals surface area (Å²) >= 11 is 0. The van der Waals surface area contributed by atoms with Crippen LogP contribution in [0.25, 0.3) is 0 Å². The highest BCUT2D eigenvalue weighted by Crippen LogP contribution is 2.18. The third kappa shape index (κ3) is 3.94. The summed E-state index contributed by atoms with van der Waals surface area (Å²) in [6, 6.07) is 7.30. The summed E-state index contributed by atoms with van der Waals surface area (Å²) < 4.78 is 31.7. The van der Waals surface area contributed by atoms with Crippen molar-refractivity contribution in [2.75, 3.05) is 24.6 Å². The van der Waals surface area contributed by atoms with Crippen LogP contribution in [0.2, 0.25) is 0 Å². The van der Waals surface area contributed by atoms with Crippen molar-refractivity contribution < 1.29 is 13.2 Å². The van der Waals surface area contributed by atoms with E-state index in [-0.39, 0.29) is 11.9 Å². The molecule has 20 heavy (non-hydrogen) atoms. The first-order chi connectivity index (χ1) is 9.51. The monoisotopic (exact) mass is 298 g/mol. The smallest absolute Gasteiger partial charge is 0.216 e. The van der Waals surface area contributed by atoms with E-state index in [1.54, 1.807) is 12.1 Å². The molecule has 0 bridgehead atoms. The molecule has 5 nitrogen and oxygen atoms in total. The molecule has 0 saturated carbocycles. The van der Waals surface area contributed by atoms with Crippen LogP contribution in [-0.2, 0) is 21.3 Å². The second-order valence-corrected chi connectivity index (χ2v) is 7.09. The lowest BCUT2D eigenvalue weighted by molar-refractivity contribution is 0.126. The van der Waals surface area contributed by atoms with Crippen LogP contribution in [0.15, 0.2) is 24.3 Å². The highest BCUT2D eigenvalue weighted by molar-refractivity contribution is 7.89. The van der Waals surface area contributed by atoms with Gasteiger partial charge in [0.1, 0.15) is 0 Å². The average molecular weight is 298 g/mol. The van der Waals surface area contributed by atoms with E-state index in [0.29, 0.717) is 25.4 Å². The molecule has 0 aromatic heterocycles. The van der Waals surface area contributed by atoms with Crippen LogP contribution in [0.5, 0.6) is 0 Å². The van der Waals surface area contributed by atoms with Crippen molar-refractivity contribution in [3.63, 3.8) is 0 Å². The van der Waals surface area contributed by atoms with Gasteiger partial charge in [0, 0.05) is 25.4 Å². The number of benzene rings is 1. The summed E-state index contributed by atoms with van der Waals surface area (Å²) in [6.45, 7) is 3.36. The van der Waals surface area contributed by atoms with Crippen LogP contribution in [0, 0.1) is 0 Å². The molecular weight excluding hydrogens is 276 g/mol. The Hall–Kier alpha value is -1.11. The summed E-state index contributed by atoms with van der Waals surface area (Å²) in [5.41, 5.74) is 7.26. The van der Waals surface area contributed by atoms with Crippen molar-refractivity contribution in [1.29, 1.82) is 0 Å². The Balaban J connectivity index is 2.04. The minimum Gasteiger partial charge on any atom is -0.399 e. The van der Waals surface area contributed by atoms with E-state index < -0.39 is 10.0 Å². The van der Waals surface area contributed by atoms with Gasteiger partial charge in [-0.1, -0.05) is 19.1 Å². The lowest BCUT2D eigenvalue weighted by Crippen LogP contribution is -2.36. The number of ether oxygens (including phenoxy) is 1. The number of nitrogens with two attached hydrogens (primary N) is 1. The fourth-order valence-corrected chi connectivity index (χ4v) is 4.03. The molecule has 1 aliphatic rings. The molecule has 1 heterocycles. The largest absolute Gasteiger partial charge is 0.399 e. The van der Waals surface area contributed by atoms with E-state index in [4.69, 9.17) is 10.5 Å². The molecular formula is C14H22N2O3S. The van der Waals surface area contributed by atoms with E-state index in [2.05, 4.69) is 0 Å². The Morgan fingerprint density at radius 1 is 1.35 bits per heavy atom. The summed E-state index contributed by atoms with van der Waals surface area (Å²) in [5, 5.41) is 0. The number of hydrogen-bond donors (Lipinski definition) is 1. The van der Waals surface area contributed by atoms with Gasteiger partial charge >= 0.3 is 0 Å². The van der Waals surface area contributed by atoms with Crippen molar-refractivity contribution in [2.45, 2.75) is 32.4 Å². The average Bonchev–Trinajstić information content (AvgIpc) is 2.90. The van der Waals surface area contributed by atoms with Crippen molar-refractivity contribution in [1.82, 2.24) is 4.31 Å². The summed E-state index contributed by atoms with van der Waals surface area (Å²) in [6.07, 6.45) is 1.63. The molecule has 1 atom stereocenters. The molecule has 1 aliphatic heterocycles. The summed E-state index contributed by atoms with van der Waals surface area (Å²) in [4.78, 5) is 0. The minimum absolute atomic E-state index is 0.0792. The standard InChI is InChI=1S/C14H22N2O3S/c1-2-16(10-12-5-7-13(15)8-6-12)20(17,18)11-14-4-3-9-19-14/h5-8,14H,2-4,9-11,15H2,1H3. The molecule has 1 aromatic carbocycles. The summed E-state index contributed by atoms with van der Waals surface area (Å²) in [5.74, 6) is 0.0792. The maximum absolute atomic E-state index is 12.4. The second-order valence-electron chi connectivity index (χ2n) is 5.08. The van der Waals surface area contributed by atoms with Gasteiger partial charge in [-0.25, -0.2) is 8.42 Å². The zero-order valence-corrected chi connectivity index (χ0v) is 12.6. The predicted octanol–water partition coefficient (Wildman–Crippen LogP) is 1.60. The zero-order valence-electron chi connectivity index (χ0n) is 11.8. The molecule has 0 aliphatic carbocycles. The van der Waals surface area contributed by atoms with Gasteiger partial charge in [-0.05, 0) is 30.5 Å². The van der Waals surface area contributed by atoms with Gasteiger partial charge in [0.15, 0.2) is 0 Å². The Bertz CT molecular complexity index is 522. The maximum atomic E-state index is 12.4. The zero-order chi connectivity index (χ0) is 14.6. The van der Waals surface area contributed by atoms with Crippen LogP contribution in [0.1, 0.15) is 25.3 Å². The molecule has 0 amide bonds. The second kappa shape index (κ2) is 6.56. The molecule has 1 aromatic rings. The molecule has 1 unspecified atom stereocenters. The van der Waals surface area contributed by atoms with Crippen LogP contribution in [0.3, 0.4) is 0 Å². The Labute approximate surface area is 120 Å². The van der Waals surface area contributed by atoms with Crippen LogP contribution < -0.4 is 5.73 Å². The number of nitrogen functional groups attached to an aromatic ring is 1. The van der Waals surface area contributed by atoms with Gasteiger partial charge in [0.05, 0.1) is 11.9 Å². The minimum atomic E-state index is -3.29. The van der Waals surface area contributed by atoms with E-state index in [0.717, 1.165) is 18.4 Å². The quantitative estimate of drug-likeness (QED) is 0.810. The molecule has 0 spiro atoms. The highest BCUT2D eigenvalue weighted by atomic mass is 32.2. The van der Waals surface area contributed by atoms with Gasteiger partial charge in [-0.15, -0.1) is 0 Å². The molecule has 6 heteroatoms. The fraction of sp³-hybridized carbons (Fsp3) is 0.571. The summed E-state index contributed by atoms with van der Waals surface area (Å²) in [7, 11) is -3.29. The van der Waals surface area contributed by atoms with Gasteiger partial charge in [0.25, 0.3) is 0 Å².